The molecule has 0 aromatic carbocycles. The molecule has 1 heterocycles. The molecule has 1 aromatic heterocycles. The third-order valence-electron chi connectivity index (χ3n) is 1.88. The zero-order valence-electron chi connectivity index (χ0n) is 8.75. The van der Waals surface area contributed by atoms with Crippen LogP contribution in [0.3, 0.4) is 0 Å². The molecular formula is C8H11F3N4S. The van der Waals surface area contributed by atoms with Gasteiger partial charge in [0.2, 0.25) is 0 Å². The molecule has 2 N–H and O–H groups in total. The number of nitrogens with zero attached hydrogens (tertiary/aromatic N) is 3. The molecule has 0 unspecified atom stereocenters. The minimum atomic E-state index is -4.34. The summed E-state index contributed by atoms with van der Waals surface area (Å²) < 4.78 is 37.5. The topological polar surface area (TPSA) is 56.7 Å². The summed E-state index contributed by atoms with van der Waals surface area (Å²) >= 11 is 4.70. The molecule has 90 valence electrons. The van der Waals surface area contributed by atoms with Crippen molar-refractivity contribution in [3.63, 3.8) is 0 Å². The maximum Gasteiger partial charge on any atom is 0.408 e. The highest BCUT2D eigenvalue weighted by molar-refractivity contribution is 7.80. The van der Waals surface area contributed by atoms with Crippen molar-refractivity contribution < 1.29 is 13.2 Å². The van der Waals surface area contributed by atoms with Crippen molar-refractivity contribution in [2.75, 3.05) is 0 Å². The Bertz CT molecular complexity index is 396. The van der Waals surface area contributed by atoms with Gasteiger partial charge >= 0.3 is 6.18 Å². The molecule has 4 nitrogen and oxygen atoms in total. The van der Waals surface area contributed by atoms with Gasteiger partial charge in [-0.05, 0) is 5.92 Å². The monoisotopic (exact) mass is 252 g/mol. The van der Waals surface area contributed by atoms with Gasteiger partial charge in [-0.3, -0.25) is 0 Å². The normalized spacial score (nSPS) is 12.1. The molecule has 0 atom stereocenters. The fourth-order valence-corrected chi connectivity index (χ4v) is 1.50. The van der Waals surface area contributed by atoms with Gasteiger partial charge in [0, 0.05) is 0 Å². The molecule has 0 aliphatic heterocycles. The molecule has 0 bridgehead atoms. The van der Waals surface area contributed by atoms with Crippen LogP contribution in [0, 0.1) is 0 Å². The second kappa shape index (κ2) is 4.36. The third kappa shape index (κ3) is 2.91. The van der Waals surface area contributed by atoms with Crippen molar-refractivity contribution in [3.05, 3.63) is 11.4 Å². The van der Waals surface area contributed by atoms with E-state index in [1.54, 1.807) is 13.8 Å². The zero-order valence-corrected chi connectivity index (χ0v) is 9.56. The first-order valence-corrected chi connectivity index (χ1v) is 4.93. The lowest BCUT2D eigenvalue weighted by Gasteiger charge is -2.12. The summed E-state index contributed by atoms with van der Waals surface area (Å²) in [7, 11) is 0. The second-order valence-corrected chi connectivity index (χ2v) is 4.05. The number of alkyl halides is 3. The number of thiocarbonyl (C=S) groups is 1. The molecule has 0 spiro atoms. The van der Waals surface area contributed by atoms with Gasteiger partial charge in [0.25, 0.3) is 0 Å². The van der Waals surface area contributed by atoms with Crippen LogP contribution in [0.1, 0.15) is 31.2 Å². The van der Waals surface area contributed by atoms with Gasteiger partial charge in [-0.2, -0.15) is 13.2 Å². The van der Waals surface area contributed by atoms with Crippen molar-refractivity contribution in [2.45, 2.75) is 32.5 Å². The Balaban J connectivity index is 3.16. The van der Waals surface area contributed by atoms with Crippen molar-refractivity contribution >= 4 is 17.2 Å². The Labute approximate surface area is 95.6 Å². The van der Waals surface area contributed by atoms with E-state index >= 15 is 0 Å². The molecule has 0 fully saturated rings. The van der Waals surface area contributed by atoms with E-state index in [4.69, 9.17) is 18.0 Å². The summed E-state index contributed by atoms with van der Waals surface area (Å²) in [6.45, 7) is 2.27. The SMILES string of the molecule is CC(C)c1c(C(N)=S)nnn1CC(F)(F)F. The van der Waals surface area contributed by atoms with E-state index in [9.17, 15) is 13.2 Å². The van der Waals surface area contributed by atoms with Crippen molar-refractivity contribution in [3.8, 4) is 0 Å². The zero-order chi connectivity index (χ0) is 12.5. The van der Waals surface area contributed by atoms with Crippen LogP contribution in [0.5, 0.6) is 0 Å². The van der Waals surface area contributed by atoms with Crippen LogP contribution in [0.15, 0.2) is 0 Å². The van der Waals surface area contributed by atoms with E-state index in [1.165, 1.54) is 0 Å². The third-order valence-corrected chi connectivity index (χ3v) is 2.08. The summed E-state index contributed by atoms with van der Waals surface area (Å²) in [5.74, 6) is -0.186. The van der Waals surface area contributed by atoms with E-state index in [0.717, 1.165) is 4.68 Å². The predicted octanol–water partition coefficient (Wildman–Crippen LogP) is 1.60. The predicted molar refractivity (Wildman–Crippen MR) is 56.1 cm³/mol. The maximum absolute atomic E-state index is 12.2. The van der Waals surface area contributed by atoms with Gasteiger partial charge in [-0.1, -0.05) is 31.3 Å². The molecule has 0 radical (unpaired) electrons. The van der Waals surface area contributed by atoms with Crippen LogP contribution in [0.25, 0.3) is 0 Å². The lowest BCUT2D eigenvalue weighted by atomic mass is 10.1. The quantitative estimate of drug-likeness (QED) is 0.830. The van der Waals surface area contributed by atoms with E-state index < -0.39 is 12.7 Å². The molecule has 0 amide bonds. The number of hydrogen-bond acceptors (Lipinski definition) is 3. The van der Waals surface area contributed by atoms with E-state index in [-0.39, 0.29) is 16.6 Å². The average molecular weight is 252 g/mol. The highest BCUT2D eigenvalue weighted by atomic mass is 32.1. The molecule has 0 aliphatic rings. The lowest BCUT2D eigenvalue weighted by molar-refractivity contribution is -0.143. The Morgan fingerprint density at radius 1 is 1.50 bits per heavy atom. The van der Waals surface area contributed by atoms with Gasteiger partial charge in [0.05, 0.1) is 5.69 Å². The first-order valence-electron chi connectivity index (χ1n) is 4.52. The number of hydrogen-bond donors (Lipinski definition) is 1. The van der Waals surface area contributed by atoms with Crippen LogP contribution in [0.2, 0.25) is 0 Å². The van der Waals surface area contributed by atoms with Crippen molar-refractivity contribution in [1.82, 2.24) is 15.0 Å². The largest absolute Gasteiger partial charge is 0.408 e. The van der Waals surface area contributed by atoms with Gasteiger partial charge in [-0.25, -0.2) is 4.68 Å². The van der Waals surface area contributed by atoms with Crippen molar-refractivity contribution in [2.24, 2.45) is 5.73 Å². The Morgan fingerprint density at radius 2 is 2.06 bits per heavy atom. The van der Waals surface area contributed by atoms with Gasteiger partial charge < -0.3 is 5.73 Å². The first-order chi connectivity index (χ1) is 7.22. The van der Waals surface area contributed by atoms with Crippen LogP contribution < -0.4 is 5.73 Å². The molecule has 0 aliphatic carbocycles. The van der Waals surface area contributed by atoms with Crippen molar-refractivity contribution in [1.29, 1.82) is 0 Å². The Morgan fingerprint density at radius 3 is 2.44 bits per heavy atom. The number of aromatic nitrogens is 3. The Kier molecular flexibility index (Phi) is 3.51. The highest BCUT2D eigenvalue weighted by Gasteiger charge is 2.31. The summed E-state index contributed by atoms with van der Waals surface area (Å²) in [5.41, 5.74) is 5.84. The van der Waals surface area contributed by atoms with E-state index in [0.29, 0.717) is 5.69 Å². The van der Waals surface area contributed by atoms with Crippen LogP contribution in [-0.2, 0) is 6.54 Å². The molecule has 16 heavy (non-hydrogen) atoms. The first kappa shape index (κ1) is 12.9. The van der Waals surface area contributed by atoms with Gasteiger partial charge in [-0.15, -0.1) is 5.10 Å². The van der Waals surface area contributed by atoms with E-state index in [1.807, 2.05) is 0 Å². The van der Waals surface area contributed by atoms with Gasteiger partial charge in [0.1, 0.15) is 17.2 Å². The highest BCUT2D eigenvalue weighted by Crippen LogP contribution is 2.23. The summed E-state index contributed by atoms with van der Waals surface area (Å²) in [5, 5.41) is 6.99. The molecule has 1 aromatic rings. The van der Waals surface area contributed by atoms with E-state index in [2.05, 4.69) is 10.3 Å². The molecule has 8 heteroatoms. The minimum Gasteiger partial charge on any atom is -0.388 e. The maximum atomic E-state index is 12.2. The Hall–Kier alpha value is -1.18. The minimum absolute atomic E-state index is 0.0443. The average Bonchev–Trinajstić information content (AvgIpc) is 2.44. The summed E-state index contributed by atoms with van der Waals surface area (Å²) in [4.78, 5) is -0.0443. The van der Waals surface area contributed by atoms with Crippen LogP contribution in [-0.4, -0.2) is 26.2 Å². The second-order valence-electron chi connectivity index (χ2n) is 3.62. The molecule has 1 rings (SSSR count). The fraction of sp³-hybridized carbons (Fsp3) is 0.625. The molecule has 0 saturated heterocycles. The van der Waals surface area contributed by atoms with Gasteiger partial charge in [0.15, 0.2) is 0 Å². The lowest BCUT2D eigenvalue weighted by Crippen LogP contribution is -2.22. The summed E-state index contributed by atoms with van der Waals surface area (Å²) in [6.07, 6.45) is -4.34. The summed E-state index contributed by atoms with van der Waals surface area (Å²) in [6, 6.07) is 0. The van der Waals surface area contributed by atoms with Crippen LogP contribution >= 0.6 is 12.2 Å². The number of rotatable bonds is 3. The standard InChI is InChI=1S/C8H11F3N4S/c1-4(2)6-5(7(12)16)13-14-15(6)3-8(9,10)11/h4H,3H2,1-2H3,(H2,12,16). The fourth-order valence-electron chi connectivity index (χ4n) is 1.35. The molecular weight excluding hydrogens is 241 g/mol. The molecule has 0 saturated carbocycles. The number of nitrogens with two attached hydrogens (primary N) is 1. The number of halogens is 3. The van der Waals surface area contributed by atoms with Crippen LogP contribution in [0.4, 0.5) is 13.2 Å². The smallest absolute Gasteiger partial charge is 0.388 e.